The Morgan fingerprint density at radius 3 is 2.61 bits per heavy atom. The van der Waals surface area contributed by atoms with Gasteiger partial charge in [0.15, 0.2) is 0 Å². The maximum atomic E-state index is 10.1. The van der Waals surface area contributed by atoms with E-state index in [-0.39, 0.29) is 0 Å². The van der Waals surface area contributed by atoms with Gasteiger partial charge in [-0.3, -0.25) is 4.68 Å². The van der Waals surface area contributed by atoms with Crippen LogP contribution in [0, 0.1) is 0 Å². The smallest absolute Gasteiger partial charge is 0.147 e. The van der Waals surface area contributed by atoms with E-state index < -0.39 is 5.60 Å². The minimum atomic E-state index is -0.756. The molecule has 0 aromatic carbocycles. The van der Waals surface area contributed by atoms with Gasteiger partial charge in [-0.2, -0.15) is 16.9 Å². The topological polar surface area (TPSA) is 76.1 Å². The lowest BCUT2D eigenvalue weighted by Crippen LogP contribution is -2.36. The zero-order chi connectivity index (χ0) is 13.9. The molecule has 0 fully saturated rings. The second-order valence-electron chi connectivity index (χ2n) is 5.21. The zero-order valence-corrected chi connectivity index (χ0v) is 12.6. The first-order valence-electron chi connectivity index (χ1n) is 6.06. The number of nitrogens with one attached hydrogen (secondary N) is 1. The number of nitrogen functional groups attached to an aromatic ring is 1. The van der Waals surface area contributed by atoms with Gasteiger partial charge >= 0.3 is 0 Å². The van der Waals surface area contributed by atoms with Crippen LogP contribution in [0.2, 0.25) is 0 Å². The molecule has 0 aliphatic heterocycles. The van der Waals surface area contributed by atoms with Gasteiger partial charge in [0.05, 0.1) is 17.0 Å². The van der Waals surface area contributed by atoms with Crippen LogP contribution in [0.15, 0.2) is 0 Å². The second-order valence-corrected chi connectivity index (χ2v) is 6.08. The van der Waals surface area contributed by atoms with Crippen molar-refractivity contribution in [3.63, 3.8) is 0 Å². The summed E-state index contributed by atoms with van der Waals surface area (Å²) in [4.78, 5) is 0. The minimum Gasteiger partial charge on any atom is -0.394 e. The average molecular weight is 272 g/mol. The predicted octanol–water partition coefficient (Wildman–Crippen LogP) is 1.65. The number of nitrogens with two attached hydrogens (primary N) is 1. The number of hydrogen-bond acceptors (Lipinski definition) is 5. The van der Waals surface area contributed by atoms with Crippen LogP contribution in [0.1, 0.15) is 32.4 Å². The molecule has 6 heteroatoms. The SMILES string of the molecule is CSCC(C)(O)CNc1c(N)c(C(C)C)nn1C. The van der Waals surface area contributed by atoms with E-state index in [9.17, 15) is 5.11 Å². The Balaban J connectivity index is 2.80. The molecule has 1 rings (SSSR count). The van der Waals surface area contributed by atoms with Gasteiger partial charge in [-0.25, -0.2) is 0 Å². The van der Waals surface area contributed by atoms with Crippen molar-refractivity contribution in [1.29, 1.82) is 0 Å². The van der Waals surface area contributed by atoms with Crippen molar-refractivity contribution in [2.24, 2.45) is 7.05 Å². The number of hydrogen-bond donors (Lipinski definition) is 3. The highest BCUT2D eigenvalue weighted by Crippen LogP contribution is 2.28. The first-order valence-corrected chi connectivity index (χ1v) is 7.45. The molecule has 0 amide bonds. The Hall–Kier alpha value is -0.880. The van der Waals surface area contributed by atoms with Crippen LogP contribution in [0.25, 0.3) is 0 Å². The normalized spacial score (nSPS) is 14.8. The lowest BCUT2D eigenvalue weighted by atomic mass is 10.1. The maximum Gasteiger partial charge on any atom is 0.147 e. The van der Waals surface area contributed by atoms with Gasteiger partial charge in [0.25, 0.3) is 0 Å². The van der Waals surface area contributed by atoms with E-state index in [1.54, 1.807) is 16.4 Å². The molecule has 0 saturated heterocycles. The molecule has 0 radical (unpaired) electrons. The Morgan fingerprint density at radius 2 is 2.17 bits per heavy atom. The van der Waals surface area contributed by atoms with Crippen LogP contribution in [0.3, 0.4) is 0 Å². The molecule has 1 unspecified atom stereocenters. The summed E-state index contributed by atoms with van der Waals surface area (Å²) < 4.78 is 1.74. The van der Waals surface area contributed by atoms with E-state index in [1.165, 1.54) is 0 Å². The number of nitrogens with zero attached hydrogens (tertiary/aromatic N) is 2. The summed E-state index contributed by atoms with van der Waals surface area (Å²) >= 11 is 1.62. The molecule has 5 nitrogen and oxygen atoms in total. The summed E-state index contributed by atoms with van der Waals surface area (Å²) in [6.07, 6.45) is 1.98. The third kappa shape index (κ3) is 3.55. The number of rotatable bonds is 6. The van der Waals surface area contributed by atoms with Crippen LogP contribution >= 0.6 is 11.8 Å². The molecule has 0 aliphatic carbocycles. The fourth-order valence-corrected chi connectivity index (χ4v) is 2.56. The summed E-state index contributed by atoms with van der Waals surface area (Å²) in [6.45, 7) is 6.39. The third-order valence-electron chi connectivity index (χ3n) is 2.75. The number of anilines is 2. The lowest BCUT2D eigenvalue weighted by molar-refractivity contribution is 0.0996. The van der Waals surface area contributed by atoms with Crippen molar-refractivity contribution in [2.75, 3.05) is 29.6 Å². The molecular weight excluding hydrogens is 248 g/mol. The van der Waals surface area contributed by atoms with E-state index in [0.29, 0.717) is 23.9 Å². The second kappa shape index (κ2) is 5.84. The Kier molecular flexibility index (Phi) is 4.92. The van der Waals surface area contributed by atoms with E-state index in [0.717, 1.165) is 11.5 Å². The van der Waals surface area contributed by atoms with Gasteiger partial charge in [-0.15, -0.1) is 0 Å². The van der Waals surface area contributed by atoms with Crippen molar-refractivity contribution >= 4 is 23.3 Å². The highest BCUT2D eigenvalue weighted by atomic mass is 32.2. The zero-order valence-electron chi connectivity index (χ0n) is 11.8. The average Bonchev–Trinajstić information content (AvgIpc) is 2.52. The molecule has 1 aromatic rings. The molecule has 4 N–H and O–H groups in total. The van der Waals surface area contributed by atoms with Gasteiger partial charge in [0, 0.05) is 19.3 Å². The van der Waals surface area contributed by atoms with Gasteiger partial charge in [-0.05, 0) is 19.1 Å². The van der Waals surface area contributed by atoms with Crippen LogP contribution in [0.5, 0.6) is 0 Å². The molecule has 104 valence electrons. The molecule has 0 saturated carbocycles. The van der Waals surface area contributed by atoms with Gasteiger partial charge in [0.2, 0.25) is 0 Å². The van der Waals surface area contributed by atoms with Crippen molar-refractivity contribution in [2.45, 2.75) is 32.3 Å². The van der Waals surface area contributed by atoms with Gasteiger partial charge < -0.3 is 16.2 Å². The first-order chi connectivity index (χ1) is 8.28. The standard InChI is InChI=1S/C12H24N4OS/c1-8(2)10-9(13)11(16(4)15-10)14-6-12(3,17)7-18-5/h8,14,17H,6-7,13H2,1-5H3. The fourth-order valence-electron chi connectivity index (χ4n) is 1.83. The highest BCUT2D eigenvalue weighted by Gasteiger charge is 2.22. The summed E-state index contributed by atoms with van der Waals surface area (Å²) in [5.74, 6) is 1.74. The van der Waals surface area contributed by atoms with Crippen LogP contribution in [-0.2, 0) is 7.05 Å². The number of thioether (sulfide) groups is 1. The molecular formula is C12H24N4OS. The highest BCUT2D eigenvalue weighted by molar-refractivity contribution is 7.98. The molecule has 1 heterocycles. The van der Waals surface area contributed by atoms with E-state index in [1.807, 2.05) is 20.2 Å². The van der Waals surface area contributed by atoms with Crippen LogP contribution < -0.4 is 11.1 Å². The maximum absolute atomic E-state index is 10.1. The van der Waals surface area contributed by atoms with Crippen molar-refractivity contribution < 1.29 is 5.11 Å². The summed E-state index contributed by atoms with van der Waals surface area (Å²) in [5, 5.41) is 17.7. The predicted molar refractivity (Wildman–Crippen MR) is 79.2 cm³/mol. The van der Waals surface area contributed by atoms with E-state index >= 15 is 0 Å². The molecule has 18 heavy (non-hydrogen) atoms. The molecule has 0 spiro atoms. The molecule has 0 bridgehead atoms. The lowest BCUT2D eigenvalue weighted by Gasteiger charge is -2.23. The van der Waals surface area contributed by atoms with Gasteiger partial charge in [-0.1, -0.05) is 13.8 Å². The third-order valence-corrected chi connectivity index (χ3v) is 3.66. The van der Waals surface area contributed by atoms with Crippen LogP contribution in [-0.4, -0.2) is 39.0 Å². The molecule has 0 aliphatic rings. The van der Waals surface area contributed by atoms with Crippen molar-refractivity contribution in [3.05, 3.63) is 5.69 Å². The van der Waals surface area contributed by atoms with Crippen molar-refractivity contribution in [1.82, 2.24) is 9.78 Å². The number of aliphatic hydroxyl groups is 1. The Labute approximate surface area is 113 Å². The fraction of sp³-hybridized carbons (Fsp3) is 0.750. The summed E-state index contributed by atoms with van der Waals surface area (Å²) in [7, 11) is 1.86. The van der Waals surface area contributed by atoms with Crippen LogP contribution in [0.4, 0.5) is 11.5 Å². The van der Waals surface area contributed by atoms with E-state index in [2.05, 4.69) is 24.3 Å². The Bertz CT molecular complexity index is 401. The monoisotopic (exact) mass is 272 g/mol. The number of aromatic nitrogens is 2. The first kappa shape index (κ1) is 15.2. The summed E-state index contributed by atoms with van der Waals surface area (Å²) in [5.41, 5.74) is 6.89. The number of aryl methyl sites for hydroxylation is 1. The summed E-state index contributed by atoms with van der Waals surface area (Å²) in [6, 6.07) is 0. The largest absolute Gasteiger partial charge is 0.394 e. The van der Waals surface area contributed by atoms with Crippen molar-refractivity contribution in [3.8, 4) is 0 Å². The molecule has 1 atom stereocenters. The van der Waals surface area contributed by atoms with Gasteiger partial charge in [0.1, 0.15) is 5.82 Å². The molecule has 1 aromatic heterocycles. The quantitative estimate of drug-likeness (QED) is 0.734. The minimum absolute atomic E-state index is 0.290. The van der Waals surface area contributed by atoms with E-state index in [4.69, 9.17) is 5.73 Å². The Morgan fingerprint density at radius 1 is 1.56 bits per heavy atom.